The van der Waals surface area contributed by atoms with Crippen molar-refractivity contribution >= 4 is 11.7 Å². The number of fused-ring (bicyclic) bond motifs is 1. The van der Waals surface area contributed by atoms with Crippen LogP contribution in [0.2, 0.25) is 0 Å². The van der Waals surface area contributed by atoms with Crippen LogP contribution in [0.15, 0.2) is 42.5 Å². The van der Waals surface area contributed by atoms with Crippen LogP contribution >= 0.6 is 0 Å². The summed E-state index contributed by atoms with van der Waals surface area (Å²) >= 11 is 0. The number of carbonyl (C=O) groups excluding carboxylic acids is 2. The molecule has 1 aliphatic heterocycles. The van der Waals surface area contributed by atoms with Crippen LogP contribution in [-0.2, 0) is 24.2 Å². The summed E-state index contributed by atoms with van der Waals surface area (Å²) in [6.45, 7) is 3.86. The lowest BCUT2D eigenvalue weighted by atomic mass is 10.0. The summed E-state index contributed by atoms with van der Waals surface area (Å²) in [6, 6.07) is 15.8. The van der Waals surface area contributed by atoms with Gasteiger partial charge in [-0.3, -0.25) is 14.5 Å². The molecule has 2 aliphatic rings. The number of amides is 1. The van der Waals surface area contributed by atoms with Gasteiger partial charge in [-0.1, -0.05) is 24.3 Å². The van der Waals surface area contributed by atoms with Crippen LogP contribution in [0.5, 0.6) is 0 Å². The maximum atomic E-state index is 12.6. The Bertz CT molecular complexity index is 967. The van der Waals surface area contributed by atoms with Crippen LogP contribution in [-0.4, -0.2) is 47.7 Å². The molecule has 30 heavy (non-hydrogen) atoms. The van der Waals surface area contributed by atoms with Crippen molar-refractivity contribution in [3.8, 4) is 6.07 Å². The highest BCUT2D eigenvalue weighted by Crippen LogP contribution is 2.23. The van der Waals surface area contributed by atoms with Gasteiger partial charge in [-0.25, -0.2) is 0 Å². The molecule has 0 radical (unpaired) electrons. The average molecular weight is 402 g/mol. The fraction of sp³-hybridized carbons (Fsp3) is 0.400. The van der Waals surface area contributed by atoms with E-state index in [9.17, 15) is 9.59 Å². The standard InChI is InChI=1S/C25H27N3O2/c26-17-19-4-6-20(7-5-19)18-27-12-14-28(15-13-27)25(30)11-10-24(29)23-9-8-21-2-1-3-22(21)16-23/h4-9,16H,1-3,10-15,18H2. The van der Waals surface area contributed by atoms with E-state index < -0.39 is 0 Å². The number of piperazine rings is 1. The SMILES string of the molecule is N#Cc1ccc(CN2CCN(C(=O)CCC(=O)c3ccc4c(c3)CCC4)CC2)cc1. The highest BCUT2D eigenvalue weighted by atomic mass is 16.2. The average Bonchev–Trinajstić information content (AvgIpc) is 3.26. The van der Waals surface area contributed by atoms with Gasteiger partial charge in [-0.05, 0) is 54.2 Å². The Morgan fingerprint density at radius 2 is 1.63 bits per heavy atom. The van der Waals surface area contributed by atoms with E-state index in [1.165, 1.54) is 23.1 Å². The third-order valence-electron chi connectivity index (χ3n) is 6.20. The number of hydrogen-bond acceptors (Lipinski definition) is 4. The molecule has 5 nitrogen and oxygen atoms in total. The lowest BCUT2D eigenvalue weighted by molar-refractivity contribution is -0.132. The van der Waals surface area contributed by atoms with E-state index in [0.29, 0.717) is 18.7 Å². The number of nitriles is 1. The quantitative estimate of drug-likeness (QED) is 0.697. The van der Waals surface area contributed by atoms with Crippen LogP contribution in [0.1, 0.15) is 51.9 Å². The first kappa shape index (κ1) is 20.3. The van der Waals surface area contributed by atoms with E-state index in [-0.39, 0.29) is 24.5 Å². The minimum absolute atomic E-state index is 0.0671. The topological polar surface area (TPSA) is 64.4 Å². The Morgan fingerprint density at radius 3 is 2.37 bits per heavy atom. The largest absolute Gasteiger partial charge is 0.340 e. The molecule has 2 aromatic rings. The fourth-order valence-electron chi connectivity index (χ4n) is 4.37. The second kappa shape index (κ2) is 9.23. The van der Waals surface area contributed by atoms with Crippen molar-refractivity contribution in [1.29, 1.82) is 5.26 Å². The fourth-order valence-corrected chi connectivity index (χ4v) is 4.37. The molecule has 2 aromatic carbocycles. The molecule has 0 atom stereocenters. The Hall–Kier alpha value is -2.97. The Kier molecular flexibility index (Phi) is 6.25. The lowest BCUT2D eigenvalue weighted by Crippen LogP contribution is -2.48. The summed E-state index contributed by atoms with van der Waals surface area (Å²) in [5, 5.41) is 8.89. The zero-order chi connectivity index (χ0) is 20.9. The molecule has 5 heteroatoms. The maximum Gasteiger partial charge on any atom is 0.223 e. The van der Waals surface area contributed by atoms with Crippen molar-refractivity contribution in [3.63, 3.8) is 0 Å². The van der Waals surface area contributed by atoms with Crippen molar-refractivity contribution < 1.29 is 9.59 Å². The second-order valence-corrected chi connectivity index (χ2v) is 8.23. The molecule has 4 rings (SSSR count). The van der Waals surface area contributed by atoms with Crippen molar-refractivity contribution in [2.45, 2.75) is 38.6 Å². The monoisotopic (exact) mass is 401 g/mol. The normalized spacial score (nSPS) is 16.2. The highest BCUT2D eigenvalue weighted by molar-refractivity contribution is 5.98. The first-order chi connectivity index (χ1) is 14.6. The number of benzene rings is 2. The molecule has 1 fully saturated rings. The summed E-state index contributed by atoms with van der Waals surface area (Å²) in [6.07, 6.45) is 3.90. The van der Waals surface area contributed by atoms with Crippen LogP contribution in [0.3, 0.4) is 0 Å². The summed E-state index contributed by atoms with van der Waals surface area (Å²) in [5.41, 5.74) is 5.25. The number of hydrogen-bond donors (Lipinski definition) is 0. The molecule has 1 amide bonds. The van der Waals surface area contributed by atoms with E-state index in [2.05, 4.69) is 17.0 Å². The molecule has 154 valence electrons. The lowest BCUT2D eigenvalue weighted by Gasteiger charge is -2.34. The molecule has 0 saturated carbocycles. The third-order valence-corrected chi connectivity index (χ3v) is 6.20. The summed E-state index contributed by atoms with van der Waals surface area (Å²) < 4.78 is 0. The molecule has 1 heterocycles. The molecular formula is C25H27N3O2. The number of Topliss-reactive ketones (excluding diaryl/α,β-unsaturated/α-hetero) is 1. The van der Waals surface area contributed by atoms with E-state index >= 15 is 0 Å². The van der Waals surface area contributed by atoms with Crippen molar-refractivity contribution in [2.75, 3.05) is 26.2 Å². The van der Waals surface area contributed by atoms with E-state index in [1.54, 1.807) is 0 Å². The smallest absolute Gasteiger partial charge is 0.223 e. The first-order valence-corrected chi connectivity index (χ1v) is 10.8. The molecule has 1 saturated heterocycles. The van der Waals surface area contributed by atoms with Crippen LogP contribution < -0.4 is 0 Å². The summed E-state index contributed by atoms with van der Waals surface area (Å²) in [5.74, 6) is 0.139. The molecule has 0 N–H and O–H groups in total. The van der Waals surface area contributed by atoms with Gasteiger partial charge < -0.3 is 4.90 Å². The zero-order valence-corrected chi connectivity index (χ0v) is 17.3. The van der Waals surface area contributed by atoms with Gasteiger partial charge in [-0.15, -0.1) is 0 Å². The van der Waals surface area contributed by atoms with Gasteiger partial charge in [0.05, 0.1) is 11.6 Å². The molecular weight excluding hydrogens is 374 g/mol. The van der Waals surface area contributed by atoms with Crippen molar-refractivity contribution in [1.82, 2.24) is 9.80 Å². The molecule has 0 bridgehead atoms. The van der Waals surface area contributed by atoms with Crippen LogP contribution in [0, 0.1) is 11.3 Å². The molecule has 0 unspecified atom stereocenters. The van der Waals surface area contributed by atoms with Crippen LogP contribution in [0.4, 0.5) is 0 Å². The third kappa shape index (κ3) is 4.77. The number of ketones is 1. The van der Waals surface area contributed by atoms with Gasteiger partial charge >= 0.3 is 0 Å². The van der Waals surface area contributed by atoms with Gasteiger partial charge in [-0.2, -0.15) is 5.26 Å². The number of carbonyl (C=O) groups is 2. The predicted molar refractivity (Wildman–Crippen MR) is 115 cm³/mol. The Morgan fingerprint density at radius 1 is 0.900 bits per heavy atom. The van der Waals surface area contributed by atoms with Gasteiger partial charge in [0.25, 0.3) is 0 Å². The number of rotatable bonds is 6. The van der Waals surface area contributed by atoms with Gasteiger partial charge in [0.15, 0.2) is 5.78 Å². The second-order valence-electron chi connectivity index (χ2n) is 8.23. The summed E-state index contributed by atoms with van der Waals surface area (Å²) in [4.78, 5) is 29.3. The van der Waals surface area contributed by atoms with E-state index in [0.717, 1.165) is 38.0 Å². The number of aryl methyl sites for hydroxylation is 2. The van der Waals surface area contributed by atoms with E-state index in [1.807, 2.05) is 41.3 Å². The van der Waals surface area contributed by atoms with Gasteiger partial charge in [0.2, 0.25) is 5.91 Å². The maximum absolute atomic E-state index is 12.6. The minimum atomic E-state index is 0.0671. The number of nitrogens with zero attached hydrogens (tertiary/aromatic N) is 3. The molecule has 0 aromatic heterocycles. The van der Waals surface area contributed by atoms with Crippen molar-refractivity contribution in [3.05, 3.63) is 70.3 Å². The molecule has 1 aliphatic carbocycles. The van der Waals surface area contributed by atoms with Crippen LogP contribution in [0.25, 0.3) is 0 Å². The Balaban J connectivity index is 1.22. The van der Waals surface area contributed by atoms with Gasteiger partial charge in [0, 0.05) is 51.1 Å². The van der Waals surface area contributed by atoms with Gasteiger partial charge in [0.1, 0.15) is 0 Å². The highest BCUT2D eigenvalue weighted by Gasteiger charge is 2.22. The zero-order valence-electron chi connectivity index (χ0n) is 17.3. The summed E-state index contributed by atoms with van der Waals surface area (Å²) in [7, 11) is 0. The Labute approximate surface area is 177 Å². The molecule has 0 spiro atoms. The predicted octanol–water partition coefficient (Wildman–Crippen LogP) is 3.35. The minimum Gasteiger partial charge on any atom is -0.340 e. The van der Waals surface area contributed by atoms with E-state index in [4.69, 9.17) is 5.26 Å². The first-order valence-electron chi connectivity index (χ1n) is 10.8. The van der Waals surface area contributed by atoms with Crippen molar-refractivity contribution in [2.24, 2.45) is 0 Å².